The number of likely N-dealkylation sites (N-methyl/N-ethyl adjacent to an activating group) is 1. The summed E-state index contributed by atoms with van der Waals surface area (Å²) >= 11 is 0. The second-order valence-electron chi connectivity index (χ2n) is 5.19. The Bertz CT molecular complexity index is 532. The van der Waals surface area contributed by atoms with Gasteiger partial charge in [-0.2, -0.15) is 4.31 Å². The molecule has 0 amide bonds. The Morgan fingerprint density at radius 2 is 1.74 bits per heavy atom. The van der Waals surface area contributed by atoms with Crippen molar-refractivity contribution in [1.29, 1.82) is 0 Å². The van der Waals surface area contributed by atoms with Crippen molar-refractivity contribution in [1.82, 2.24) is 4.31 Å². The third kappa shape index (κ3) is 3.08. The van der Waals surface area contributed by atoms with Gasteiger partial charge in [-0.3, -0.25) is 0 Å². The van der Waals surface area contributed by atoms with Gasteiger partial charge in [0.2, 0.25) is 10.0 Å². The van der Waals surface area contributed by atoms with E-state index < -0.39 is 15.6 Å². The number of phenolic OH excluding ortho intramolecular Hbond substituents is 1. The molecule has 19 heavy (non-hydrogen) atoms. The molecule has 6 heteroatoms. The van der Waals surface area contributed by atoms with Gasteiger partial charge in [0, 0.05) is 13.6 Å². The lowest BCUT2D eigenvalue weighted by Gasteiger charge is -2.28. The number of hydrogen-bond acceptors (Lipinski definition) is 4. The first kappa shape index (κ1) is 14.3. The molecule has 1 aromatic rings. The Hall–Kier alpha value is -1.11. The van der Waals surface area contributed by atoms with Crippen molar-refractivity contribution < 1.29 is 18.6 Å². The molecule has 0 spiro atoms. The monoisotopic (exact) mass is 285 g/mol. The lowest BCUT2D eigenvalue weighted by Crippen LogP contribution is -2.41. The van der Waals surface area contributed by atoms with Crippen LogP contribution in [0.5, 0.6) is 5.75 Å². The van der Waals surface area contributed by atoms with Crippen molar-refractivity contribution in [3.05, 3.63) is 24.3 Å². The van der Waals surface area contributed by atoms with Crippen molar-refractivity contribution in [3.8, 4) is 5.75 Å². The van der Waals surface area contributed by atoms with Gasteiger partial charge in [-0.15, -0.1) is 0 Å². The summed E-state index contributed by atoms with van der Waals surface area (Å²) in [5.41, 5.74) is -0.904. The van der Waals surface area contributed by atoms with Gasteiger partial charge in [0.05, 0.1) is 10.5 Å². The summed E-state index contributed by atoms with van der Waals surface area (Å²) in [6.45, 7) is 0.107. The van der Waals surface area contributed by atoms with Crippen LogP contribution in [-0.2, 0) is 10.0 Å². The van der Waals surface area contributed by atoms with Crippen LogP contribution in [0.15, 0.2) is 29.2 Å². The fraction of sp³-hybridized carbons (Fsp3) is 0.538. The molecule has 1 aromatic carbocycles. The number of sulfonamides is 1. The molecule has 0 heterocycles. The molecule has 5 nitrogen and oxygen atoms in total. The van der Waals surface area contributed by atoms with Crippen LogP contribution in [-0.4, -0.2) is 42.1 Å². The smallest absolute Gasteiger partial charge is 0.242 e. The van der Waals surface area contributed by atoms with Gasteiger partial charge in [-0.1, -0.05) is 12.8 Å². The van der Waals surface area contributed by atoms with Gasteiger partial charge in [-0.25, -0.2) is 8.42 Å². The van der Waals surface area contributed by atoms with Crippen LogP contribution in [0.3, 0.4) is 0 Å². The predicted molar refractivity (Wildman–Crippen MR) is 71.3 cm³/mol. The summed E-state index contributed by atoms with van der Waals surface area (Å²) in [7, 11) is -2.15. The van der Waals surface area contributed by atoms with E-state index in [1.165, 1.54) is 35.6 Å². The summed E-state index contributed by atoms with van der Waals surface area (Å²) in [4.78, 5) is 0.120. The zero-order valence-corrected chi connectivity index (χ0v) is 11.7. The van der Waals surface area contributed by atoms with Crippen LogP contribution in [0.25, 0.3) is 0 Å². The normalized spacial score (nSPS) is 18.9. The standard InChI is InChI=1S/C13H19NO4S/c1-14(10-13(16)8-2-3-9-13)19(17,18)12-6-4-11(15)5-7-12/h4-7,15-16H,2-3,8-10H2,1H3. The maximum Gasteiger partial charge on any atom is 0.242 e. The summed E-state index contributed by atoms with van der Waals surface area (Å²) in [5, 5.41) is 19.5. The quantitative estimate of drug-likeness (QED) is 0.874. The molecule has 0 bridgehead atoms. The topological polar surface area (TPSA) is 77.8 Å². The molecule has 2 rings (SSSR count). The summed E-state index contributed by atoms with van der Waals surface area (Å²) < 4.78 is 25.8. The Morgan fingerprint density at radius 1 is 1.21 bits per heavy atom. The van der Waals surface area contributed by atoms with Gasteiger partial charge < -0.3 is 10.2 Å². The van der Waals surface area contributed by atoms with Gasteiger partial charge in [0.1, 0.15) is 5.75 Å². The van der Waals surface area contributed by atoms with E-state index in [0.717, 1.165) is 12.8 Å². The first-order chi connectivity index (χ1) is 8.83. The SMILES string of the molecule is CN(CC1(O)CCCC1)S(=O)(=O)c1ccc(O)cc1. The fourth-order valence-electron chi connectivity index (χ4n) is 2.49. The molecule has 1 saturated carbocycles. The predicted octanol–water partition coefficient (Wildman–Crippen LogP) is 1.32. The highest BCUT2D eigenvalue weighted by molar-refractivity contribution is 7.89. The van der Waals surface area contributed by atoms with Gasteiger partial charge in [0.25, 0.3) is 0 Å². The maximum absolute atomic E-state index is 12.3. The van der Waals surface area contributed by atoms with E-state index in [0.29, 0.717) is 12.8 Å². The number of nitrogens with zero attached hydrogens (tertiary/aromatic N) is 1. The largest absolute Gasteiger partial charge is 0.508 e. The van der Waals surface area contributed by atoms with Crippen molar-refractivity contribution >= 4 is 10.0 Å². The molecule has 106 valence electrons. The van der Waals surface area contributed by atoms with E-state index in [1.54, 1.807) is 0 Å². The Kier molecular flexibility index (Phi) is 3.85. The van der Waals surface area contributed by atoms with E-state index in [4.69, 9.17) is 0 Å². The molecule has 1 aliphatic rings. The lowest BCUT2D eigenvalue weighted by atomic mass is 10.0. The van der Waals surface area contributed by atoms with Crippen LogP contribution in [0.1, 0.15) is 25.7 Å². The van der Waals surface area contributed by atoms with Crippen LogP contribution >= 0.6 is 0 Å². The van der Waals surface area contributed by atoms with Crippen molar-refractivity contribution in [2.24, 2.45) is 0 Å². The molecule has 0 unspecified atom stereocenters. The zero-order valence-electron chi connectivity index (χ0n) is 10.9. The van der Waals surface area contributed by atoms with Crippen molar-refractivity contribution in [2.75, 3.05) is 13.6 Å². The fourth-order valence-corrected chi connectivity index (χ4v) is 3.74. The van der Waals surface area contributed by atoms with Crippen molar-refractivity contribution in [2.45, 2.75) is 36.2 Å². The third-order valence-corrected chi connectivity index (χ3v) is 5.41. The molecule has 2 N–H and O–H groups in total. The number of benzene rings is 1. The van der Waals surface area contributed by atoms with Crippen LogP contribution in [0.4, 0.5) is 0 Å². The van der Waals surface area contributed by atoms with Gasteiger partial charge in [-0.05, 0) is 37.1 Å². The summed E-state index contributed by atoms with van der Waals surface area (Å²) in [5.74, 6) is 0.0241. The lowest BCUT2D eigenvalue weighted by molar-refractivity contribution is 0.0333. The van der Waals surface area contributed by atoms with E-state index in [-0.39, 0.29) is 17.2 Å². The number of rotatable bonds is 4. The second kappa shape index (κ2) is 5.11. The Morgan fingerprint density at radius 3 is 2.26 bits per heavy atom. The van der Waals surface area contributed by atoms with Gasteiger partial charge >= 0.3 is 0 Å². The highest BCUT2D eigenvalue weighted by Crippen LogP contribution is 2.31. The van der Waals surface area contributed by atoms with Gasteiger partial charge in [0.15, 0.2) is 0 Å². The molecular weight excluding hydrogens is 266 g/mol. The Labute approximate surface area is 113 Å². The molecule has 0 atom stereocenters. The number of phenols is 1. The van der Waals surface area contributed by atoms with E-state index in [9.17, 15) is 18.6 Å². The van der Waals surface area contributed by atoms with E-state index >= 15 is 0 Å². The molecule has 0 radical (unpaired) electrons. The van der Waals surface area contributed by atoms with Crippen LogP contribution < -0.4 is 0 Å². The maximum atomic E-state index is 12.3. The number of aromatic hydroxyl groups is 1. The van der Waals surface area contributed by atoms with E-state index in [1.807, 2.05) is 0 Å². The van der Waals surface area contributed by atoms with Crippen LogP contribution in [0, 0.1) is 0 Å². The number of aliphatic hydroxyl groups is 1. The highest BCUT2D eigenvalue weighted by Gasteiger charge is 2.35. The Balaban J connectivity index is 2.17. The third-order valence-electron chi connectivity index (χ3n) is 3.60. The summed E-state index contributed by atoms with van der Waals surface area (Å²) in [6.07, 6.45) is 3.15. The average Bonchev–Trinajstić information content (AvgIpc) is 2.76. The average molecular weight is 285 g/mol. The van der Waals surface area contributed by atoms with Crippen molar-refractivity contribution in [3.63, 3.8) is 0 Å². The van der Waals surface area contributed by atoms with Crippen LogP contribution in [0.2, 0.25) is 0 Å². The molecule has 0 aromatic heterocycles. The minimum atomic E-state index is -3.62. The molecule has 1 fully saturated rings. The molecule has 0 aliphatic heterocycles. The summed E-state index contributed by atoms with van der Waals surface area (Å²) in [6, 6.07) is 5.40. The zero-order chi connectivity index (χ0) is 14.1. The minimum absolute atomic E-state index is 0.0241. The molecule has 1 aliphatic carbocycles. The number of hydrogen-bond donors (Lipinski definition) is 2. The molecular formula is C13H19NO4S. The van der Waals surface area contributed by atoms with E-state index in [2.05, 4.69) is 0 Å². The minimum Gasteiger partial charge on any atom is -0.508 e. The first-order valence-corrected chi connectivity index (χ1v) is 7.75. The molecule has 0 saturated heterocycles. The highest BCUT2D eigenvalue weighted by atomic mass is 32.2. The first-order valence-electron chi connectivity index (χ1n) is 6.31. The second-order valence-corrected chi connectivity index (χ2v) is 7.23.